The van der Waals surface area contributed by atoms with Crippen LogP contribution < -0.4 is 5.32 Å². The van der Waals surface area contributed by atoms with Crippen molar-refractivity contribution >= 4 is 38.0 Å². The lowest BCUT2D eigenvalue weighted by Gasteiger charge is -2.25. The van der Waals surface area contributed by atoms with Crippen LogP contribution in [0.25, 0.3) is 32.0 Å². The molecule has 3 aliphatic heterocycles. The minimum atomic E-state index is -1.22. The Hall–Kier alpha value is -3.54. The number of ether oxygens (including phenoxy) is 1. The van der Waals surface area contributed by atoms with Crippen molar-refractivity contribution in [1.29, 1.82) is 0 Å². The van der Waals surface area contributed by atoms with Crippen molar-refractivity contribution in [2.45, 2.75) is 101 Å². The van der Waals surface area contributed by atoms with Gasteiger partial charge < -0.3 is 14.5 Å². The van der Waals surface area contributed by atoms with Crippen molar-refractivity contribution in [2.24, 2.45) is 5.92 Å². The molecule has 0 radical (unpaired) electrons. The Labute approximate surface area is 280 Å². The molecular formula is C36H38N6O3S2. The fourth-order valence-corrected chi connectivity index (χ4v) is 11.4. The molecule has 2 fully saturated rings. The molecule has 8 heterocycles. The summed E-state index contributed by atoms with van der Waals surface area (Å²) in [5.41, 5.74) is 5.95. The van der Waals surface area contributed by atoms with Crippen molar-refractivity contribution in [2.75, 3.05) is 11.1 Å². The molecule has 0 amide bonds. The Bertz CT molecular complexity index is 2050. The summed E-state index contributed by atoms with van der Waals surface area (Å²) < 4.78 is 27.9. The van der Waals surface area contributed by atoms with E-state index in [4.69, 9.17) is 19.1 Å². The fraction of sp³-hybridized carbons (Fsp3) is 0.472. The molecule has 11 heteroatoms. The van der Waals surface area contributed by atoms with Crippen LogP contribution in [0.3, 0.4) is 0 Å². The van der Waals surface area contributed by atoms with Crippen LogP contribution in [-0.2, 0) is 28.4 Å². The van der Waals surface area contributed by atoms with Crippen molar-refractivity contribution in [3.8, 4) is 21.9 Å². The minimum absolute atomic E-state index is 0.0773. The second-order valence-corrected chi connectivity index (χ2v) is 16.5. The summed E-state index contributed by atoms with van der Waals surface area (Å²) in [4.78, 5) is 16.6. The number of hydrogen-bond acceptors (Lipinski definition) is 10. The molecule has 242 valence electrons. The van der Waals surface area contributed by atoms with Crippen LogP contribution in [0, 0.1) is 12.8 Å². The van der Waals surface area contributed by atoms with Crippen molar-refractivity contribution in [1.82, 2.24) is 25.1 Å². The van der Waals surface area contributed by atoms with Gasteiger partial charge in [0.15, 0.2) is 0 Å². The van der Waals surface area contributed by atoms with E-state index >= 15 is 0 Å². The number of fused-ring (bicyclic) bond motifs is 5. The fourth-order valence-electron chi connectivity index (χ4n) is 8.28. The molecule has 2 bridgehead atoms. The van der Waals surface area contributed by atoms with Crippen LogP contribution in [0.5, 0.6) is 0 Å². The lowest BCUT2D eigenvalue weighted by atomic mass is 9.84. The molecule has 5 aromatic heterocycles. The molecular weight excluding hydrogens is 629 g/mol. The lowest BCUT2D eigenvalue weighted by molar-refractivity contribution is 0.00716. The van der Waals surface area contributed by atoms with Crippen LogP contribution in [0.15, 0.2) is 46.0 Å². The zero-order chi connectivity index (χ0) is 31.9. The van der Waals surface area contributed by atoms with Gasteiger partial charge in [-0.1, -0.05) is 19.9 Å². The Balaban J connectivity index is 1.21. The van der Waals surface area contributed by atoms with E-state index < -0.39 is 10.8 Å². The SMILES string of the molecule is Cc1nnc(-c2c(CCC34CCC(CC3)O4)nc3c(c2-c2cc4ccnc(NC5CCc6ncccc65)c4s2)S(=O)CC3C(C)C)o1. The maximum absolute atomic E-state index is 14.1. The van der Waals surface area contributed by atoms with Gasteiger partial charge in [0.2, 0.25) is 11.8 Å². The molecule has 9 rings (SSSR count). The highest BCUT2D eigenvalue weighted by molar-refractivity contribution is 7.85. The molecule has 1 aliphatic carbocycles. The van der Waals surface area contributed by atoms with E-state index in [2.05, 4.69) is 52.5 Å². The van der Waals surface area contributed by atoms with Crippen LogP contribution in [0.2, 0.25) is 0 Å². The Kier molecular flexibility index (Phi) is 7.10. The molecule has 9 nitrogen and oxygen atoms in total. The molecule has 0 saturated carbocycles. The second-order valence-electron chi connectivity index (χ2n) is 14.0. The Morgan fingerprint density at radius 1 is 1.11 bits per heavy atom. The normalized spacial score (nSPS) is 26.0. The van der Waals surface area contributed by atoms with E-state index in [0.29, 0.717) is 29.6 Å². The van der Waals surface area contributed by atoms with Crippen molar-refractivity contribution < 1.29 is 13.4 Å². The van der Waals surface area contributed by atoms with Gasteiger partial charge in [0.05, 0.1) is 55.1 Å². The predicted molar refractivity (Wildman–Crippen MR) is 183 cm³/mol. The maximum Gasteiger partial charge on any atom is 0.250 e. The zero-order valence-corrected chi connectivity index (χ0v) is 28.5. The molecule has 5 aromatic rings. The molecule has 2 saturated heterocycles. The number of aromatic nitrogens is 5. The number of pyridine rings is 3. The summed E-state index contributed by atoms with van der Waals surface area (Å²) in [5.74, 6) is 2.78. The highest BCUT2D eigenvalue weighted by atomic mass is 32.2. The summed E-state index contributed by atoms with van der Waals surface area (Å²) >= 11 is 1.68. The van der Waals surface area contributed by atoms with E-state index in [1.807, 2.05) is 25.4 Å². The number of aryl methyl sites for hydroxylation is 3. The molecule has 3 atom stereocenters. The Morgan fingerprint density at radius 2 is 1.98 bits per heavy atom. The smallest absolute Gasteiger partial charge is 0.250 e. The number of thiophene rings is 1. The van der Waals surface area contributed by atoms with Gasteiger partial charge in [0.25, 0.3) is 0 Å². The molecule has 1 N–H and O–H groups in total. The van der Waals surface area contributed by atoms with Gasteiger partial charge in [-0.15, -0.1) is 21.5 Å². The van der Waals surface area contributed by atoms with Gasteiger partial charge in [-0.25, -0.2) is 4.98 Å². The van der Waals surface area contributed by atoms with Crippen LogP contribution in [-0.4, -0.2) is 46.8 Å². The summed E-state index contributed by atoms with van der Waals surface area (Å²) in [6, 6.07) is 8.60. The highest BCUT2D eigenvalue weighted by Gasteiger charge is 2.46. The number of hydrogen-bond donors (Lipinski definition) is 1. The van der Waals surface area contributed by atoms with Gasteiger partial charge >= 0.3 is 0 Å². The zero-order valence-electron chi connectivity index (χ0n) is 26.9. The largest absolute Gasteiger partial charge is 0.421 e. The first-order valence-electron chi connectivity index (χ1n) is 16.9. The average molecular weight is 667 g/mol. The topological polar surface area (TPSA) is 116 Å². The number of nitrogens with one attached hydrogen (secondary N) is 1. The van der Waals surface area contributed by atoms with Crippen LogP contribution in [0.1, 0.15) is 92.9 Å². The quantitative estimate of drug-likeness (QED) is 0.178. The number of anilines is 1. The van der Waals surface area contributed by atoms with Gasteiger partial charge in [0.1, 0.15) is 5.82 Å². The summed E-state index contributed by atoms with van der Waals surface area (Å²) in [5, 5.41) is 13.6. The predicted octanol–water partition coefficient (Wildman–Crippen LogP) is 7.72. The minimum Gasteiger partial charge on any atom is -0.421 e. The Morgan fingerprint density at radius 3 is 2.74 bits per heavy atom. The summed E-state index contributed by atoms with van der Waals surface area (Å²) in [6.07, 6.45) is 12.2. The van der Waals surface area contributed by atoms with Gasteiger partial charge in [-0.05, 0) is 86.4 Å². The lowest BCUT2D eigenvalue weighted by Crippen LogP contribution is -2.25. The molecule has 0 spiro atoms. The van der Waals surface area contributed by atoms with E-state index in [0.717, 1.165) is 105 Å². The third kappa shape index (κ3) is 4.95. The molecule has 4 aliphatic rings. The van der Waals surface area contributed by atoms with Crippen LogP contribution in [0.4, 0.5) is 5.82 Å². The van der Waals surface area contributed by atoms with E-state index in [-0.39, 0.29) is 17.6 Å². The van der Waals surface area contributed by atoms with E-state index in [9.17, 15) is 4.21 Å². The van der Waals surface area contributed by atoms with Crippen LogP contribution >= 0.6 is 11.3 Å². The van der Waals surface area contributed by atoms with Gasteiger partial charge in [0, 0.05) is 47.1 Å². The standard InChI is InChI=1S/C36H38N6O3S2/c1-19(2)24-18-47(43)33-30(28-17-21-11-16-38-34(32(21)46-28)40-26-7-6-25-23(26)5-4-15-37-25)29(35-42-41-20(3)44-35)27(39-31(24)33)10-14-36-12-8-22(45-36)9-13-36/h4-5,11,15-17,19,22,24,26H,6-10,12-14,18H2,1-3H3,(H,38,40). The monoisotopic (exact) mass is 666 g/mol. The number of nitrogens with zero attached hydrogens (tertiary/aromatic N) is 5. The third-order valence-electron chi connectivity index (χ3n) is 10.7. The van der Waals surface area contributed by atoms with E-state index in [1.165, 1.54) is 5.56 Å². The first-order valence-corrected chi connectivity index (χ1v) is 19.0. The molecule has 3 unspecified atom stereocenters. The highest BCUT2D eigenvalue weighted by Crippen LogP contribution is 2.51. The van der Waals surface area contributed by atoms with Crippen molar-refractivity contribution in [3.63, 3.8) is 0 Å². The first kappa shape index (κ1) is 29.6. The summed E-state index contributed by atoms with van der Waals surface area (Å²) in [6.45, 7) is 6.22. The first-order chi connectivity index (χ1) is 22.9. The summed E-state index contributed by atoms with van der Waals surface area (Å²) in [7, 11) is -1.22. The van der Waals surface area contributed by atoms with Gasteiger partial charge in [-0.2, -0.15) is 0 Å². The third-order valence-corrected chi connectivity index (χ3v) is 13.5. The van der Waals surface area contributed by atoms with Gasteiger partial charge in [-0.3, -0.25) is 14.2 Å². The number of rotatable bonds is 8. The molecule has 0 aromatic carbocycles. The van der Waals surface area contributed by atoms with E-state index in [1.54, 1.807) is 11.3 Å². The second kappa shape index (κ2) is 11.3. The van der Waals surface area contributed by atoms with Crippen molar-refractivity contribution in [3.05, 3.63) is 65.2 Å². The average Bonchev–Trinajstić information content (AvgIpc) is 3.92. The molecule has 47 heavy (non-hydrogen) atoms. The maximum atomic E-state index is 14.1.